The molecule has 2 aromatic rings. The first-order valence-corrected chi connectivity index (χ1v) is 8.66. The summed E-state index contributed by atoms with van der Waals surface area (Å²) >= 11 is 0. The van der Waals surface area contributed by atoms with Crippen LogP contribution in [0.3, 0.4) is 0 Å². The van der Waals surface area contributed by atoms with Crippen LogP contribution in [-0.2, 0) is 0 Å². The predicted molar refractivity (Wildman–Crippen MR) is 102 cm³/mol. The topological polar surface area (TPSA) is 96.6 Å². The number of piperazine rings is 1. The average molecular weight is 356 g/mol. The molecule has 138 valence electrons. The molecule has 1 fully saturated rings. The molecular formula is C18H24N6O2. The van der Waals surface area contributed by atoms with Crippen LogP contribution in [0.5, 0.6) is 5.75 Å². The minimum atomic E-state index is -0.338. The molecule has 1 aliphatic rings. The van der Waals surface area contributed by atoms with E-state index in [0.717, 1.165) is 38.5 Å². The number of nitrogens with one attached hydrogen (secondary N) is 1. The summed E-state index contributed by atoms with van der Waals surface area (Å²) in [6.45, 7) is 6.84. The third-order valence-corrected chi connectivity index (χ3v) is 4.50. The Morgan fingerprint density at radius 2 is 1.92 bits per heavy atom. The first kappa shape index (κ1) is 17.9. The van der Waals surface area contributed by atoms with Crippen molar-refractivity contribution in [3.63, 3.8) is 0 Å². The van der Waals surface area contributed by atoms with Crippen molar-refractivity contribution in [1.82, 2.24) is 14.9 Å². The number of amides is 1. The Morgan fingerprint density at radius 3 is 2.50 bits per heavy atom. The number of ether oxygens (including phenoxy) is 1. The Labute approximate surface area is 153 Å². The molecule has 8 nitrogen and oxygen atoms in total. The number of methoxy groups -OCH3 is 1. The summed E-state index contributed by atoms with van der Waals surface area (Å²) in [5.74, 6) is 1.13. The first-order valence-electron chi connectivity index (χ1n) is 8.66. The van der Waals surface area contributed by atoms with Crippen LogP contribution in [0.25, 0.3) is 0 Å². The zero-order valence-corrected chi connectivity index (χ0v) is 15.1. The van der Waals surface area contributed by atoms with Crippen molar-refractivity contribution < 1.29 is 9.53 Å². The summed E-state index contributed by atoms with van der Waals surface area (Å²) in [6, 6.07) is 7.06. The Hall–Kier alpha value is -2.87. The molecule has 1 amide bonds. The average Bonchev–Trinajstić information content (AvgIpc) is 2.68. The van der Waals surface area contributed by atoms with Crippen LogP contribution >= 0.6 is 0 Å². The van der Waals surface area contributed by atoms with Crippen molar-refractivity contribution in [2.75, 3.05) is 55.8 Å². The molecule has 3 N–H and O–H groups in total. The van der Waals surface area contributed by atoms with Crippen LogP contribution in [0.2, 0.25) is 0 Å². The maximum atomic E-state index is 12.4. The molecule has 0 unspecified atom stereocenters. The van der Waals surface area contributed by atoms with E-state index in [4.69, 9.17) is 10.5 Å². The van der Waals surface area contributed by atoms with Gasteiger partial charge in [-0.25, -0.2) is 4.98 Å². The number of nitrogen functional groups attached to an aromatic ring is 1. The molecule has 8 heteroatoms. The van der Waals surface area contributed by atoms with Crippen LogP contribution in [0.4, 0.5) is 17.5 Å². The van der Waals surface area contributed by atoms with Crippen molar-refractivity contribution in [3.8, 4) is 5.75 Å². The minimum absolute atomic E-state index is 0.180. The van der Waals surface area contributed by atoms with Gasteiger partial charge in [0.2, 0.25) is 5.95 Å². The van der Waals surface area contributed by atoms with Crippen molar-refractivity contribution in [2.24, 2.45) is 0 Å². The van der Waals surface area contributed by atoms with E-state index in [-0.39, 0.29) is 17.3 Å². The lowest BCUT2D eigenvalue weighted by molar-refractivity contribution is 0.102. The van der Waals surface area contributed by atoms with E-state index < -0.39 is 0 Å². The molecule has 0 spiro atoms. The smallest absolute Gasteiger partial charge is 0.260 e. The summed E-state index contributed by atoms with van der Waals surface area (Å²) in [5, 5.41) is 2.79. The van der Waals surface area contributed by atoms with Gasteiger partial charge in [0.1, 0.15) is 17.1 Å². The summed E-state index contributed by atoms with van der Waals surface area (Å²) in [6.07, 6.45) is 1.49. The number of nitrogens with zero attached hydrogens (tertiary/aromatic N) is 4. The van der Waals surface area contributed by atoms with E-state index in [9.17, 15) is 4.79 Å². The maximum Gasteiger partial charge on any atom is 0.260 e. The summed E-state index contributed by atoms with van der Waals surface area (Å²) < 4.78 is 5.10. The van der Waals surface area contributed by atoms with Crippen LogP contribution < -0.4 is 20.7 Å². The number of likely N-dealkylation sites (N-methyl/N-ethyl adjacent to an activating group) is 1. The number of rotatable bonds is 5. The second-order valence-electron chi connectivity index (χ2n) is 6.07. The highest BCUT2D eigenvalue weighted by atomic mass is 16.5. The fourth-order valence-electron chi connectivity index (χ4n) is 2.85. The molecule has 1 saturated heterocycles. The number of benzene rings is 1. The zero-order valence-electron chi connectivity index (χ0n) is 15.1. The highest BCUT2D eigenvalue weighted by Gasteiger charge is 2.20. The molecule has 0 atom stereocenters. The van der Waals surface area contributed by atoms with Crippen LogP contribution in [0.1, 0.15) is 17.3 Å². The molecule has 1 aliphatic heterocycles. The van der Waals surface area contributed by atoms with Crippen LogP contribution in [0.15, 0.2) is 30.5 Å². The predicted octanol–water partition coefficient (Wildman–Crippen LogP) is 1.46. The molecule has 1 aromatic carbocycles. The molecule has 1 aromatic heterocycles. The number of nitrogens with two attached hydrogens (primary N) is 1. The lowest BCUT2D eigenvalue weighted by Crippen LogP contribution is -2.46. The van der Waals surface area contributed by atoms with Gasteiger partial charge in [0.15, 0.2) is 0 Å². The standard InChI is InChI=1S/C18H24N6O2/c1-3-23-8-10-24(11-9-23)18-20-12-15(16(19)22-18)17(25)21-13-4-6-14(26-2)7-5-13/h4-7,12H,3,8-11H2,1-2H3,(H,21,25)(H2,19,20,22). The second-order valence-corrected chi connectivity index (χ2v) is 6.07. The number of hydrogen-bond donors (Lipinski definition) is 2. The summed E-state index contributed by atoms with van der Waals surface area (Å²) in [4.78, 5) is 25.6. The van der Waals surface area contributed by atoms with Crippen molar-refractivity contribution >= 4 is 23.4 Å². The van der Waals surface area contributed by atoms with E-state index in [1.807, 2.05) is 0 Å². The van der Waals surface area contributed by atoms with Crippen molar-refractivity contribution in [2.45, 2.75) is 6.92 Å². The van der Waals surface area contributed by atoms with Crippen LogP contribution in [-0.4, -0.2) is 60.6 Å². The zero-order chi connectivity index (χ0) is 18.5. The number of carbonyl (C=O) groups excluding carboxylic acids is 1. The summed E-state index contributed by atoms with van der Waals surface area (Å²) in [7, 11) is 1.59. The van der Waals surface area contributed by atoms with Crippen molar-refractivity contribution in [3.05, 3.63) is 36.0 Å². The highest BCUT2D eigenvalue weighted by Crippen LogP contribution is 2.19. The fraction of sp³-hybridized carbons (Fsp3) is 0.389. The maximum absolute atomic E-state index is 12.4. The monoisotopic (exact) mass is 356 g/mol. The van der Waals surface area contributed by atoms with Gasteiger partial charge in [0.05, 0.1) is 7.11 Å². The van der Waals surface area contributed by atoms with E-state index in [2.05, 4.69) is 32.0 Å². The molecule has 26 heavy (non-hydrogen) atoms. The summed E-state index contributed by atoms with van der Waals surface area (Å²) in [5.41, 5.74) is 6.92. The van der Waals surface area contributed by atoms with E-state index in [1.165, 1.54) is 6.20 Å². The third kappa shape index (κ3) is 4.02. The molecule has 0 bridgehead atoms. The van der Waals surface area contributed by atoms with E-state index in [0.29, 0.717) is 11.6 Å². The largest absolute Gasteiger partial charge is 0.497 e. The Kier molecular flexibility index (Phi) is 5.52. The van der Waals surface area contributed by atoms with E-state index >= 15 is 0 Å². The number of carbonyl (C=O) groups is 1. The second kappa shape index (κ2) is 8.01. The van der Waals surface area contributed by atoms with Gasteiger partial charge in [-0.1, -0.05) is 6.92 Å². The van der Waals surface area contributed by atoms with Gasteiger partial charge in [-0.15, -0.1) is 0 Å². The van der Waals surface area contributed by atoms with Crippen LogP contribution in [0, 0.1) is 0 Å². The first-order chi connectivity index (χ1) is 12.6. The number of anilines is 3. The molecular weight excluding hydrogens is 332 g/mol. The van der Waals surface area contributed by atoms with Gasteiger partial charge >= 0.3 is 0 Å². The van der Waals surface area contributed by atoms with Gasteiger partial charge < -0.3 is 25.6 Å². The van der Waals surface area contributed by atoms with Gasteiger partial charge in [-0.2, -0.15) is 4.98 Å². The van der Waals surface area contributed by atoms with Gasteiger partial charge in [0, 0.05) is 38.1 Å². The highest BCUT2D eigenvalue weighted by molar-refractivity contribution is 6.07. The number of hydrogen-bond acceptors (Lipinski definition) is 7. The molecule has 0 radical (unpaired) electrons. The molecule has 3 rings (SSSR count). The normalized spacial score (nSPS) is 14.9. The Bertz CT molecular complexity index is 757. The Balaban J connectivity index is 1.67. The van der Waals surface area contributed by atoms with Crippen molar-refractivity contribution in [1.29, 1.82) is 0 Å². The minimum Gasteiger partial charge on any atom is -0.497 e. The Morgan fingerprint density at radius 1 is 1.23 bits per heavy atom. The third-order valence-electron chi connectivity index (χ3n) is 4.50. The quantitative estimate of drug-likeness (QED) is 0.837. The lowest BCUT2D eigenvalue weighted by Gasteiger charge is -2.34. The number of aromatic nitrogens is 2. The van der Waals surface area contributed by atoms with E-state index in [1.54, 1.807) is 31.4 Å². The molecule has 0 aliphatic carbocycles. The lowest BCUT2D eigenvalue weighted by atomic mass is 10.2. The SMILES string of the molecule is CCN1CCN(c2ncc(C(=O)Nc3ccc(OC)cc3)c(N)n2)CC1. The fourth-order valence-corrected chi connectivity index (χ4v) is 2.85. The molecule has 0 saturated carbocycles. The van der Waals surface area contributed by atoms with Gasteiger partial charge in [-0.3, -0.25) is 4.79 Å². The molecule has 2 heterocycles. The van der Waals surface area contributed by atoms with Gasteiger partial charge in [0.25, 0.3) is 5.91 Å². The van der Waals surface area contributed by atoms with Gasteiger partial charge in [-0.05, 0) is 30.8 Å².